The van der Waals surface area contributed by atoms with Gasteiger partial charge in [-0.1, -0.05) is 60.1 Å². The average Bonchev–Trinajstić information content (AvgIpc) is 2.74. The second kappa shape index (κ2) is 6.18. The maximum absolute atomic E-state index is 9.79. The lowest BCUT2D eigenvalue weighted by Crippen LogP contribution is -1.93. The predicted molar refractivity (Wildman–Crippen MR) is 100 cm³/mol. The van der Waals surface area contributed by atoms with E-state index in [1.807, 2.05) is 24.3 Å². The fourth-order valence-electron chi connectivity index (χ4n) is 3.41. The largest absolute Gasteiger partial charge is 0.508 e. The Bertz CT molecular complexity index is 940. The zero-order chi connectivity index (χ0) is 16.5. The molecule has 0 heterocycles. The molecule has 0 aliphatic heterocycles. The van der Waals surface area contributed by atoms with Crippen LogP contribution >= 0.6 is 11.6 Å². The van der Waals surface area contributed by atoms with Crippen LogP contribution in [0, 0.1) is 0 Å². The predicted octanol–water partition coefficient (Wildman–Crippen LogP) is 5.73. The molecule has 0 aromatic heterocycles. The Balaban J connectivity index is 2.01. The van der Waals surface area contributed by atoms with Crippen molar-refractivity contribution in [1.82, 2.24) is 0 Å². The molecule has 1 nitrogen and oxygen atoms in total. The maximum atomic E-state index is 9.79. The second-order valence-electron chi connectivity index (χ2n) is 6.08. The highest BCUT2D eigenvalue weighted by molar-refractivity contribution is 6.33. The minimum atomic E-state index is 0.269. The van der Waals surface area contributed by atoms with Gasteiger partial charge in [0.25, 0.3) is 0 Å². The fourth-order valence-corrected chi connectivity index (χ4v) is 3.71. The number of rotatable bonds is 1. The number of aromatic hydroxyl groups is 1. The number of aryl methyl sites for hydroxylation is 2. The lowest BCUT2D eigenvalue weighted by Gasteiger charge is -2.14. The molecule has 0 bridgehead atoms. The van der Waals surface area contributed by atoms with Gasteiger partial charge < -0.3 is 5.11 Å². The summed E-state index contributed by atoms with van der Waals surface area (Å²) in [4.78, 5) is 0. The van der Waals surface area contributed by atoms with Crippen molar-refractivity contribution in [2.75, 3.05) is 0 Å². The van der Waals surface area contributed by atoms with Crippen LogP contribution in [0.3, 0.4) is 0 Å². The molecule has 0 saturated heterocycles. The van der Waals surface area contributed by atoms with Crippen molar-refractivity contribution in [3.8, 4) is 5.75 Å². The molecule has 24 heavy (non-hydrogen) atoms. The second-order valence-corrected chi connectivity index (χ2v) is 6.49. The number of hydrogen-bond donors (Lipinski definition) is 1. The lowest BCUT2D eigenvalue weighted by molar-refractivity contribution is 0.475. The van der Waals surface area contributed by atoms with Gasteiger partial charge in [-0.25, -0.2) is 0 Å². The van der Waals surface area contributed by atoms with Gasteiger partial charge in [-0.15, -0.1) is 0 Å². The Morgan fingerprint density at radius 1 is 0.833 bits per heavy atom. The molecule has 118 valence electrons. The van der Waals surface area contributed by atoms with E-state index < -0.39 is 0 Å². The molecule has 1 N–H and O–H groups in total. The summed E-state index contributed by atoms with van der Waals surface area (Å²) in [5.74, 6) is 0.269. The van der Waals surface area contributed by atoms with E-state index in [9.17, 15) is 5.11 Å². The minimum absolute atomic E-state index is 0.269. The highest BCUT2D eigenvalue weighted by atomic mass is 35.5. The SMILES string of the molecule is Oc1cccc(/C=C2/c3ccccc3CCc3cccc(Cl)c32)c1. The number of halogens is 1. The van der Waals surface area contributed by atoms with Crippen LogP contribution in [0.4, 0.5) is 0 Å². The Hall–Kier alpha value is -2.51. The molecule has 0 atom stereocenters. The third-order valence-corrected chi connectivity index (χ3v) is 4.84. The number of phenolic OH excluding ortho intramolecular Hbond substituents is 1. The lowest BCUT2D eigenvalue weighted by atomic mass is 9.92. The van der Waals surface area contributed by atoms with Crippen molar-refractivity contribution in [2.24, 2.45) is 0 Å². The number of fused-ring (bicyclic) bond motifs is 2. The van der Waals surface area contributed by atoms with Gasteiger partial charge in [-0.2, -0.15) is 0 Å². The Morgan fingerprint density at radius 3 is 2.46 bits per heavy atom. The van der Waals surface area contributed by atoms with Crippen LogP contribution in [0.1, 0.15) is 27.8 Å². The summed E-state index contributed by atoms with van der Waals surface area (Å²) in [6, 6.07) is 21.9. The van der Waals surface area contributed by atoms with Crippen LogP contribution in [-0.4, -0.2) is 5.11 Å². The molecule has 0 unspecified atom stereocenters. The van der Waals surface area contributed by atoms with Crippen molar-refractivity contribution in [3.63, 3.8) is 0 Å². The summed E-state index contributed by atoms with van der Waals surface area (Å²) in [5, 5.41) is 10.6. The summed E-state index contributed by atoms with van der Waals surface area (Å²) < 4.78 is 0. The highest BCUT2D eigenvalue weighted by Crippen LogP contribution is 2.38. The Kier molecular flexibility index (Phi) is 3.87. The zero-order valence-electron chi connectivity index (χ0n) is 13.2. The Labute approximate surface area is 146 Å². The summed E-state index contributed by atoms with van der Waals surface area (Å²) in [6.45, 7) is 0. The van der Waals surface area contributed by atoms with Gasteiger partial charge in [0.1, 0.15) is 5.75 Å². The molecule has 3 aromatic carbocycles. The Morgan fingerprint density at radius 2 is 1.58 bits per heavy atom. The molecule has 0 radical (unpaired) electrons. The third kappa shape index (κ3) is 2.72. The summed E-state index contributed by atoms with van der Waals surface area (Å²) in [6.07, 6.45) is 4.10. The fraction of sp³-hybridized carbons (Fsp3) is 0.0909. The number of phenols is 1. The van der Waals surface area contributed by atoms with Crippen LogP contribution in [0.15, 0.2) is 66.7 Å². The van der Waals surface area contributed by atoms with Crippen molar-refractivity contribution in [2.45, 2.75) is 12.8 Å². The van der Waals surface area contributed by atoms with Crippen LogP contribution < -0.4 is 0 Å². The van der Waals surface area contributed by atoms with E-state index in [-0.39, 0.29) is 5.75 Å². The van der Waals surface area contributed by atoms with Crippen LogP contribution in [0.2, 0.25) is 5.02 Å². The van der Waals surface area contributed by atoms with E-state index in [2.05, 4.69) is 36.4 Å². The van der Waals surface area contributed by atoms with E-state index in [4.69, 9.17) is 11.6 Å². The van der Waals surface area contributed by atoms with Gasteiger partial charge in [-0.05, 0) is 64.9 Å². The van der Waals surface area contributed by atoms with Gasteiger partial charge in [0.15, 0.2) is 0 Å². The van der Waals surface area contributed by atoms with E-state index in [0.717, 1.165) is 34.6 Å². The van der Waals surface area contributed by atoms with Gasteiger partial charge >= 0.3 is 0 Å². The average molecular weight is 333 g/mol. The number of hydrogen-bond acceptors (Lipinski definition) is 1. The molecule has 1 aliphatic rings. The van der Waals surface area contributed by atoms with Crippen LogP contribution in [0.5, 0.6) is 5.75 Å². The van der Waals surface area contributed by atoms with Gasteiger partial charge in [0.05, 0.1) is 0 Å². The molecule has 4 rings (SSSR count). The van der Waals surface area contributed by atoms with E-state index in [0.29, 0.717) is 0 Å². The van der Waals surface area contributed by atoms with Crippen molar-refractivity contribution >= 4 is 23.3 Å². The molecule has 1 aliphatic carbocycles. The molecular weight excluding hydrogens is 316 g/mol. The molecular formula is C22H17ClO. The third-order valence-electron chi connectivity index (χ3n) is 4.52. The van der Waals surface area contributed by atoms with E-state index in [1.165, 1.54) is 16.7 Å². The molecule has 0 spiro atoms. The molecule has 0 fully saturated rings. The van der Waals surface area contributed by atoms with E-state index >= 15 is 0 Å². The topological polar surface area (TPSA) is 20.2 Å². The monoisotopic (exact) mass is 332 g/mol. The normalized spacial score (nSPS) is 14.8. The quantitative estimate of drug-likeness (QED) is 0.603. The molecule has 3 aromatic rings. The first-order valence-electron chi connectivity index (χ1n) is 8.09. The number of benzene rings is 3. The van der Waals surface area contributed by atoms with Crippen molar-refractivity contribution in [3.05, 3.63) is 99.6 Å². The zero-order valence-corrected chi connectivity index (χ0v) is 13.9. The standard InChI is InChI=1S/C22H17ClO/c23-21-10-4-7-17-12-11-16-6-1-2-9-19(16)20(22(17)21)14-15-5-3-8-18(24)13-15/h1-10,13-14,24H,11-12H2/b20-14-. The minimum Gasteiger partial charge on any atom is -0.508 e. The summed E-state index contributed by atoms with van der Waals surface area (Å²) in [7, 11) is 0. The van der Waals surface area contributed by atoms with Crippen LogP contribution in [0.25, 0.3) is 11.6 Å². The van der Waals surface area contributed by atoms with Gasteiger partial charge in [-0.3, -0.25) is 0 Å². The molecule has 0 saturated carbocycles. The summed E-state index contributed by atoms with van der Waals surface area (Å²) >= 11 is 6.58. The van der Waals surface area contributed by atoms with Crippen molar-refractivity contribution in [1.29, 1.82) is 0 Å². The first-order chi connectivity index (χ1) is 11.7. The maximum Gasteiger partial charge on any atom is 0.116 e. The first-order valence-corrected chi connectivity index (χ1v) is 8.47. The van der Waals surface area contributed by atoms with Crippen LogP contribution in [-0.2, 0) is 12.8 Å². The van der Waals surface area contributed by atoms with Gasteiger partial charge in [0.2, 0.25) is 0 Å². The highest BCUT2D eigenvalue weighted by Gasteiger charge is 2.20. The first kappa shape index (κ1) is 15.0. The molecule has 2 heteroatoms. The van der Waals surface area contributed by atoms with Crippen molar-refractivity contribution < 1.29 is 5.11 Å². The molecule has 0 amide bonds. The van der Waals surface area contributed by atoms with Gasteiger partial charge in [0, 0.05) is 10.6 Å². The summed E-state index contributed by atoms with van der Waals surface area (Å²) in [5.41, 5.74) is 7.00. The van der Waals surface area contributed by atoms with E-state index in [1.54, 1.807) is 12.1 Å². The smallest absolute Gasteiger partial charge is 0.116 e.